The van der Waals surface area contributed by atoms with Gasteiger partial charge in [-0.15, -0.1) is 0 Å². The van der Waals surface area contributed by atoms with Crippen molar-refractivity contribution in [2.45, 2.75) is 24.9 Å². The minimum Gasteiger partial charge on any atom is -0.365 e. The quantitative estimate of drug-likeness (QED) is 0.608. The number of halogens is 2. The summed E-state index contributed by atoms with van der Waals surface area (Å²) < 4.78 is 28.0. The molecular weight excluding hydrogens is 414 g/mol. The van der Waals surface area contributed by atoms with E-state index in [1.54, 1.807) is 24.5 Å². The zero-order chi connectivity index (χ0) is 21.9. The molecular formula is C22H24F2N8. The Morgan fingerprint density at radius 1 is 0.750 bits per heavy atom. The van der Waals surface area contributed by atoms with Crippen molar-refractivity contribution in [3.63, 3.8) is 0 Å². The molecule has 2 N–H and O–H groups in total. The molecule has 32 heavy (non-hydrogen) atoms. The van der Waals surface area contributed by atoms with Crippen LogP contribution in [-0.4, -0.2) is 58.2 Å². The molecule has 10 heteroatoms. The van der Waals surface area contributed by atoms with Crippen LogP contribution in [0.3, 0.4) is 0 Å². The maximum Gasteiger partial charge on any atom is 0.165 e. The summed E-state index contributed by atoms with van der Waals surface area (Å²) in [6.07, 6.45) is 6.44. The highest BCUT2D eigenvalue weighted by Gasteiger charge is 2.27. The topological polar surface area (TPSA) is 82.1 Å². The van der Waals surface area contributed by atoms with Crippen LogP contribution in [0.25, 0.3) is 0 Å². The number of hydrogen-bond acceptors (Lipinski definition) is 8. The van der Waals surface area contributed by atoms with Crippen molar-refractivity contribution in [2.24, 2.45) is 0 Å². The number of pyridine rings is 2. The molecule has 2 fully saturated rings. The summed E-state index contributed by atoms with van der Waals surface area (Å²) in [6, 6.07) is 8.18. The predicted molar refractivity (Wildman–Crippen MR) is 119 cm³/mol. The molecule has 0 spiro atoms. The zero-order valence-electron chi connectivity index (χ0n) is 17.5. The fourth-order valence-electron chi connectivity index (χ4n) is 4.29. The molecule has 3 aromatic rings. The van der Waals surface area contributed by atoms with Crippen LogP contribution in [-0.2, 0) is 0 Å². The first-order valence-corrected chi connectivity index (χ1v) is 10.7. The van der Waals surface area contributed by atoms with E-state index in [4.69, 9.17) is 0 Å². The van der Waals surface area contributed by atoms with Crippen LogP contribution in [0.5, 0.6) is 0 Å². The highest BCUT2D eigenvalue weighted by atomic mass is 19.1. The molecule has 2 unspecified atom stereocenters. The van der Waals surface area contributed by atoms with Gasteiger partial charge >= 0.3 is 0 Å². The third-order valence-corrected chi connectivity index (χ3v) is 5.82. The Morgan fingerprint density at radius 2 is 1.25 bits per heavy atom. The third kappa shape index (κ3) is 4.39. The number of nitrogens with one attached hydrogen (secondary N) is 2. The highest BCUT2D eigenvalue weighted by molar-refractivity contribution is 5.50. The molecule has 2 aliphatic heterocycles. The number of anilines is 4. The second kappa shape index (κ2) is 8.89. The second-order valence-electron chi connectivity index (χ2n) is 8.06. The van der Waals surface area contributed by atoms with E-state index in [9.17, 15) is 8.78 Å². The van der Waals surface area contributed by atoms with Crippen molar-refractivity contribution in [1.29, 1.82) is 0 Å². The smallest absolute Gasteiger partial charge is 0.165 e. The average Bonchev–Trinajstić information content (AvgIpc) is 3.45. The summed E-state index contributed by atoms with van der Waals surface area (Å²) in [5, 5.41) is 6.83. The van der Waals surface area contributed by atoms with E-state index in [1.165, 1.54) is 18.5 Å². The summed E-state index contributed by atoms with van der Waals surface area (Å²) in [5.41, 5.74) is 0. The Morgan fingerprint density at radius 3 is 1.72 bits per heavy atom. The van der Waals surface area contributed by atoms with Crippen molar-refractivity contribution in [2.75, 3.05) is 46.6 Å². The van der Waals surface area contributed by atoms with Gasteiger partial charge in [0.25, 0.3) is 0 Å². The minimum absolute atomic E-state index is 0.133. The Hall–Kier alpha value is -3.56. The molecule has 2 saturated heterocycles. The van der Waals surface area contributed by atoms with Gasteiger partial charge < -0.3 is 20.4 Å². The lowest BCUT2D eigenvalue weighted by Gasteiger charge is -2.19. The van der Waals surface area contributed by atoms with Crippen LogP contribution in [0.15, 0.2) is 49.1 Å². The SMILES string of the molecule is Fc1cccnc1N1CCC(Nc2cc(NC3CCN(c4ncccc4F)C3)ncn2)C1. The maximum absolute atomic E-state index is 14.0. The summed E-state index contributed by atoms with van der Waals surface area (Å²) >= 11 is 0. The van der Waals surface area contributed by atoms with E-state index in [0.717, 1.165) is 25.9 Å². The second-order valence-corrected chi connectivity index (χ2v) is 8.06. The molecule has 2 aliphatic rings. The van der Waals surface area contributed by atoms with Crippen LogP contribution in [0.1, 0.15) is 12.8 Å². The number of rotatable bonds is 6. The molecule has 166 valence electrons. The molecule has 0 bridgehead atoms. The van der Waals surface area contributed by atoms with Crippen LogP contribution >= 0.6 is 0 Å². The van der Waals surface area contributed by atoms with Gasteiger partial charge in [-0.3, -0.25) is 0 Å². The maximum atomic E-state index is 14.0. The van der Waals surface area contributed by atoms with Gasteiger partial charge in [0.1, 0.15) is 18.0 Å². The van der Waals surface area contributed by atoms with E-state index >= 15 is 0 Å². The number of nitrogens with zero attached hydrogens (tertiary/aromatic N) is 6. The minimum atomic E-state index is -0.308. The van der Waals surface area contributed by atoms with Gasteiger partial charge in [0.2, 0.25) is 0 Å². The van der Waals surface area contributed by atoms with Crippen molar-refractivity contribution >= 4 is 23.3 Å². The fourth-order valence-corrected chi connectivity index (χ4v) is 4.29. The molecule has 0 radical (unpaired) electrons. The summed E-state index contributed by atoms with van der Waals surface area (Å²) in [4.78, 5) is 20.9. The summed E-state index contributed by atoms with van der Waals surface area (Å²) in [7, 11) is 0. The molecule has 5 heterocycles. The van der Waals surface area contributed by atoms with E-state index in [1.807, 2.05) is 15.9 Å². The first-order chi connectivity index (χ1) is 15.7. The lowest BCUT2D eigenvalue weighted by atomic mass is 10.2. The Labute approximate surface area is 184 Å². The Bertz CT molecular complexity index is 1000. The van der Waals surface area contributed by atoms with E-state index < -0.39 is 0 Å². The van der Waals surface area contributed by atoms with E-state index in [-0.39, 0.29) is 23.7 Å². The van der Waals surface area contributed by atoms with Gasteiger partial charge in [-0.1, -0.05) is 0 Å². The molecule has 8 nitrogen and oxygen atoms in total. The number of aromatic nitrogens is 4. The van der Waals surface area contributed by atoms with Gasteiger partial charge in [0.05, 0.1) is 0 Å². The predicted octanol–water partition coefficient (Wildman–Crippen LogP) is 2.93. The highest BCUT2D eigenvalue weighted by Crippen LogP contribution is 2.25. The van der Waals surface area contributed by atoms with Crippen molar-refractivity contribution in [1.82, 2.24) is 19.9 Å². The van der Waals surface area contributed by atoms with Crippen LogP contribution in [0.4, 0.5) is 32.1 Å². The lowest BCUT2D eigenvalue weighted by molar-refractivity contribution is 0.615. The van der Waals surface area contributed by atoms with Crippen LogP contribution < -0.4 is 20.4 Å². The van der Waals surface area contributed by atoms with Gasteiger partial charge in [0.15, 0.2) is 23.3 Å². The van der Waals surface area contributed by atoms with Crippen LogP contribution in [0.2, 0.25) is 0 Å². The van der Waals surface area contributed by atoms with Gasteiger partial charge in [-0.25, -0.2) is 28.7 Å². The van der Waals surface area contributed by atoms with Crippen molar-refractivity contribution in [3.05, 3.63) is 60.7 Å². The van der Waals surface area contributed by atoms with Crippen LogP contribution in [0, 0.1) is 11.6 Å². The largest absolute Gasteiger partial charge is 0.365 e. The van der Waals surface area contributed by atoms with Gasteiger partial charge in [-0.2, -0.15) is 0 Å². The molecule has 2 atom stereocenters. The molecule has 0 aliphatic carbocycles. The fraction of sp³-hybridized carbons (Fsp3) is 0.364. The normalized spacial score (nSPS) is 20.6. The monoisotopic (exact) mass is 438 g/mol. The lowest BCUT2D eigenvalue weighted by Crippen LogP contribution is -2.28. The summed E-state index contributed by atoms with van der Waals surface area (Å²) in [5.74, 6) is 1.58. The Kier molecular flexibility index (Phi) is 5.66. The molecule has 0 aromatic carbocycles. The first-order valence-electron chi connectivity index (χ1n) is 10.7. The first kappa shape index (κ1) is 20.3. The molecule has 5 rings (SSSR count). The van der Waals surface area contributed by atoms with E-state index in [2.05, 4.69) is 30.6 Å². The Balaban J connectivity index is 1.18. The molecule has 0 saturated carbocycles. The van der Waals surface area contributed by atoms with Crippen molar-refractivity contribution < 1.29 is 8.78 Å². The number of hydrogen-bond donors (Lipinski definition) is 2. The average molecular weight is 438 g/mol. The standard InChI is InChI=1S/C22H24F2N8/c23-17-3-1-7-25-21(17)31-9-5-15(12-31)29-19-11-20(28-14-27-19)30-16-6-10-32(13-16)22-18(24)4-2-8-26-22/h1-4,7-8,11,14-16H,5-6,9-10,12-13H2,(H2,27,28,29,30). The van der Waals surface area contributed by atoms with Crippen molar-refractivity contribution in [3.8, 4) is 0 Å². The summed E-state index contributed by atoms with van der Waals surface area (Å²) in [6.45, 7) is 2.75. The molecule has 0 amide bonds. The van der Waals surface area contributed by atoms with E-state index in [0.29, 0.717) is 36.4 Å². The molecule has 3 aromatic heterocycles. The zero-order valence-corrected chi connectivity index (χ0v) is 17.5. The third-order valence-electron chi connectivity index (χ3n) is 5.82. The van der Waals surface area contributed by atoms with Gasteiger partial charge in [0, 0.05) is 56.7 Å². The van der Waals surface area contributed by atoms with Gasteiger partial charge in [-0.05, 0) is 37.1 Å².